The summed E-state index contributed by atoms with van der Waals surface area (Å²) in [5.74, 6) is 0.563. The largest absolute Gasteiger partial charge is 0.330 e. The lowest BCUT2D eigenvalue weighted by molar-refractivity contribution is -0.123. The summed E-state index contributed by atoms with van der Waals surface area (Å²) in [6, 6.07) is 8.02. The topological polar surface area (TPSA) is 43.1 Å². The molecule has 0 fully saturated rings. The average molecular weight is 219 g/mol. The molecule has 1 aromatic rings. The molecule has 1 unspecified atom stereocenters. The molecular weight excluding hydrogens is 198 g/mol. The number of carbonyl (C=O) groups is 1. The van der Waals surface area contributed by atoms with Crippen molar-refractivity contribution in [3.8, 4) is 0 Å². The summed E-state index contributed by atoms with van der Waals surface area (Å²) in [7, 11) is 0. The van der Waals surface area contributed by atoms with E-state index in [9.17, 15) is 4.79 Å². The third kappa shape index (κ3) is 3.17. The summed E-state index contributed by atoms with van der Waals surface area (Å²) >= 11 is 0. The van der Waals surface area contributed by atoms with Crippen LogP contribution in [0.4, 0.5) is 0 Å². The number of rotatable bonds is 5. The van der Waals surface area contributed by atoms with Gasteiger partial charge in [-0.25, -0.2) is 0 Å². The van der Waals surface area contributed by atoms with Gasteiger partial charge in [0, 0.05) is 18.9 Å². The van der Waals surface area contributed by atoms with Gasteiger partial charge in [0.25, 0.3) is 0 Å². The number of nitrogens with two attached hydrogens (primary N) is 1. The van der Waals surface area contributed by atoms with E-state index in [0.717, 1.165) is 5.56 Å². The first-order valence-electron chi connectivity index (χ1n) is 5.83. The zero-order chi connectivity index (χ0) is 12.1. The number of hydrogen-bond donors (Lipinski definition) is 1. The maximum absolute atomic E-state index is 12.1. The van der Waals surface area contributed by atoms with Gasteiger partial charge in [-0.05, 0) is 24.0 Å². The lowest BCUT2D eigenvalue weighted by atomic mass is 9.88. The molecule has 2 N–H and O–H groups in total. The Morgan fingerprint density at radius 2 is 1.94 bits per heavy atom. The van der Waals surface area contributed by atoms with Crippen molar-refractivity contribution >= 4 is 5.78 Å². The van der Waals surface area contributed by atoms with Crippen molar-refractivity contribution in [3.05, 3.63) is 35.4 Å². The fourth-order valence-electron chi connectivity index (χ4n) is 1.90. The molecule has 0 amide bonds. The number of benzene rings is 1. The summed E-state index contributed by atoms with van der Waals surface area (Å²) in [5, 5.41) is 0. The van der Waals surface area contributed by atoms with E-state index in [2.05, 4.69) is 0 Å². The highest BCUT2D eigenvalue weighted by Crippen LogP contribution is 2.15. The Morgan fingerprint density at radius 3 is 2.44 bits per heavy atom. The summed E-state index contributed by atoms with van der Waals surface area (Å²) < 4.78 is 0. The maximum Gasteiger partial charge on any atom is 0.141 e. The van der Waals surface area contributed by atoms with Crippen LogP contribution in [0.15, 0.2) is 24.3 Å². The van der Waals surface area contributed by atoms with Crippen LogP contribution in [0.2, 0.25) is 0 Å². The minimum absolute atomic E-state index is 0.0143. The van der Waals surface area contributed by atoms with Crippen LogP contribution >= 0.6 is 0 Å². The number of Topliss-reactive ketones (excluding diaryl/α,β-unsaturated/α-hetero) is 1. The van der Waals surface area contributed by atoms with E-state index in [1.165, 1.54) is 5.56 Å². The Morgan fingerprint density at radius 1 is 1.31 bits per heavy atom. The highest BCUT2D eigenvalue weighted by atomic mass is 16.1. The monoisotopic (exact) mass is 219 g/mol. The van der Waals surface area contributed by atoms with Crippen LogP contribution < -0.4 is 5.73 Å². The minimum atomic E-state index is -0.0143. The Bertz CT molecular complexity index is 358. The number of hydrogen-bond acceptors (Lipinski definition) is 2. The van der Waals surface area contributed by atoms with E-state index >= 15 is 0 Å². The first kappa shape index (κ1) is 12.9. The SMILES string of the molecule is Cc1ccccc1CC(=O)C(CN)C(C)C. The molecule has 2 heteroatoms. The van der Waals surface area contributed by atoms with E-state index in [0.29, 0.717) is 18.9 Å². The van der Waals surface area contributed by atoms with Crippen LogP contribution in [0.3, 0.4) is 0 Å². The highest BCUT2D eigenvalue weighted by molar-refractivity contribution is 5.84. The van der Waals surface area contributed by atoms with Gasteiger partial charge in [-0.1, -0.05) is 38.1 Å². The van der Waals surface area contributed by atoms with E-state index in [4.69, 9.17) is 5.73 Å². The summed E-state index contributed by atoms with van der Waals surface area (Å²) in [6.45, 7) is 6.58. The van der Waals surface area contributed by atoms with Crippen molar-refractivity contribution in [1.29, 1.82) is 0 Å². The third-order valence-corrected chi connectivity index (χ3v) is 3.10. The van der Waals surface area contributed by atoms with Gasteiger partial charge in [0.1, 0.15) is 5.78 Å². The van der Waals surface area contributed by atoms with Crippen LogP contribution in [0, 0.1) is 18.8 Å². The first-order chi connectivity index (χ1) is 7.56. The van der Waals surface area contributed by atoms with Gasteiger partial charge in [0.2, 0.25) is 0 Å². The highest BCUT2D eigenvalue weighted by Gasteiger charge is 2.20. The van der Waals surface area contributed by atoms with E-state index in [1.54, 1.807) is 0 Å². The molecule has 0 saturated heterocycles. The van der Waals surface area contributed by atoms with E-state index in [1.807, 2.05) is 45.0 Å². The molecule has 16 heavy (non-hydrogen) atoms. The lowest BCUT2D eigenvalue weighted by Crippen LogP contribution is -2.29. The second kappa shape index (κ2) is 5.80. The number of ketones is 1. The molecule has 0 aliphatic rings. The minimum Gasteiger partial charge on any atom is -0.330 e. The van der Waals surface area contributed by atoms with Crippen molar-refractivity contribution in [2.24, 2.45) is 17.6 Å². The van der Waals surface area contributed by atoms with E-state index < -0.39 is 0 Å². The van der Waals surface area contributed by atoms with Gasteiger partial charge in [0.05, 0.1) is 0 Å². The Balaban J connectivity index is 2.74. The molecule has 1 rings (SSSR count). The molecule has 0 aliphatic heterocycles. The van der Waals surface area contributed by atoms with E-state index in [-0.39, 0.29) is 11.7 Å². The summed E-state index contributed by atoms with van der Waals surface area (Å²) in [6.07, 6.45) is 0.507. The normalized spacial score (nSPS) is 12.8. The van der Waals surface area contributed by atoms with Crippen molar-refractivity contribution in [2.45, 2.75) is 27.2 Å². The molecule has 0 saturated carbocycles. The fourth-order valence-corrected chi connectivity index (χ4v) is 1.90. The Hall–Kier alpha value is -1.15. The number of carbonyl (C=O) groups excluding carboxylic acids is 1. The number of aryl methyl sites for hydroxylation is 1. The second-order valence-corrected chi connectivity index (χ2v) is 4.66. The molecule has 0 aliphatic carbocycles. The van der Waals surface area contributed by atoms with Crippen LogP contribution in [0.25, 0.3) is 0 Å². The van der Waals surface area contributed by atoms with Gasteiger partial charge < -0.3 is 5.73 Å². The molecule has 2 nitrogen and oxygen atoms in total. The molecule has 0 heterocycles. The molecule has 0 aromatic heterocycles. The molecule has 1 aromatic carbocycles. The van der Waals surface area contributed by atoms with Crippen LogP contribution in [0.1, 0.15) is 25.0 Å². The third-order valence-electron chi connectivity index (χ3n) is 3.10. The second-order valence-electron chi connectivity index (χ2n) is 4.66. The molecule has 0 spiro atoms. The maximum atomic E-state index is 12.1. The van der Waals surface area contributed by atoms with Gasteiger partial charge in [-0.2, -0.15) is 0 Å². The summed E-state index contributed by atoms with van der Waals surface area (Å²) in [5.41, 5.74) is 7.94. The van der Waals surface area contributed by atoms with Gasteiger partial charge in [-0.3, -0.25) is 4.79 Å². The van der Waals surface area contributed by atoms with Crippen LogP contribution in [-0.2, 0) is 11.2 Å². The van der Waals surface area contributed by atoms with Crippen molar-refractivity contribution in [2.75, 3.05) is 6.54 Å². The Kier molecular flexibility index (Phi) is 4.69. The van der Waals surface area contributed by atoms with Crippen molar-refractivity contribution in [3.63, 3.8) is 0 Å². The van der Waals surface area contributed by atoms with Gasteiger partial charge >= 0.3 is 0 Å². The standard InChI is InChI=1S/C14H21NO/c1-10(2)13(9-15)14(16)8-12-7-5-4-6-11(12)3/h4-7,10,13H,8-9,15H2,1-3H3. The predicted molar refractivity (Wildman–Crippen MR) is 67.3 cm³/mol. The van der Waals surface area contributed by atoms with Crippen molar-refractivity contribution in [1.82, 2.24) is 0 Å². The molecular formula is C14H21NO. The molecule has 0 radical (unpaired) electrons. The molecule has 0 bridgehead atoms. The van der Waals surface area contributed by atoms with Crippen LogP contribution in [0.5, 0.6) is 0 Å². The fraction of sp³-hybridized carbons (Fsp3) is 0.500. The average Bonchev–Trinajstić information content (AvgIpc) is 2.22. The first-order valence-corrected chi connectivity index (χ1v) is 5.83. The Labute approximate surface area is 97.9 Å². The lowest BCUT2D eigenvalue weighted by Gasteiger charge is -2.17. The smallest absolute Gasteiger partial charge is 0.141 e. The van der Waals surface area contributed by atoms with Crippen LogP contribution in [-0.4, -0.2) is 12.3 Å². The summed E-state index contributed by atoms with van der Waals surface area (Å²) in [4.78, 5) is 12.1. The zero-order valence-corrected chi connectivity index (χ0v) is 10.4. The molecule has 88 valence electrons. The molecule has 1 atom stereocenters. The van der Waals surface area contributed by atoms with Crippen molar-refractivity contribution < 1.29 is 4.79 Å². The predicted octanol–water partition coefficient (Wildman–Crippen LogP) is 2.34. The quantitative estimate of drug-likeness (QED) is 0.826. The van der Waals surface area contributed by atoms with Gasteiger partial charge in [-0.15, -0.1) is 0 Å². The zero-order valence-electron chi connectivity index (χ0n) is 10.4. The van der Waals surface area contributed by atoms with Gasteiger partial charge in [0.15, 0.2) is 0 Å².